The minimum atomic E-state index is -0.276. The van der Waals surface area contributed by atoms with Gasteiger partial charge in [0, 0.05) is 18.5 Å². The maximum Gasteiger partial charge on any atom is 0.240 e. The molecule has 0 spiro atoms. The molecular weight excluding hydrogens is 365 g/mol. The monoisotopic (exact) mass is 381 g/mol. The number of halogens is 2. The lowest BCUT2D eigenvalue weighted by atomic mass is 10.2. The molecule has 2 N–H and O–H groups in total. The molecule has 0 fully saturated rings. The van der Waals surface area contributed by atoms with E-state index in [1.54, 1.807) is 30.3 Å². The third-order valence-electron chi connectivity index (χ3n) is 3.15. The first-order chi connectivity index (χ1) is 11.9. The number of hydrogen-bond acceptors (Lipinski definition) is 4. The molecule has 0 aliphatic carbocycles. The fourth-order valence-electron chi connectivity index (χ4n) is 1.95. The van der Waals surface area contributed by atoms with Gasteiger partial charge >= 0.3 is 0 Å². The Bertz CT molecular complexity index is 787. The fraction of sp³-hybridized carbons (Fsp3) is 0.235. The van der Waals surface area contributed by atoms with Crippen LogP contribution in [0, 0.1) is 6.92 Å². The van der Waals surface area contributed by atoms with Gasteiger partial charge in [-0.05, 0) is 43.7 Å². The number of rotatable bonds is 7. The van der Waals surface area contributed by atoms with Crippen LogP contribution in [0.2, 0.25) is 10.0 Å². The predicted octanol–water partition coefficient (Wildman–Crippen LogP) is 4.15. The summed E-state index contributed by atoms with van der Waals surface area (Å²) in [5, 5.41) is 7.27. The van der Waals surface area contributed by atoms with Gasteiger partial charge in [-0.2, -0.15) is 5.10 Å². The molecule has 0 radical (unpaired) electrons. The van der Waals surface area contributed by atoms with Crippen LogP contribution in [0.3, 0.4) is 0 Å². The van der Waals surface area contributed by atoms with E-state index in [1.807, 2.05) is 6.92 Å². The zero-order valence-electron chi connectivity index (χ0n) is 13.5. The van der Waals surface area contributed by atoms with Gasteiger partial charge in [0.2, 0.25) is 11.8 Å². The van der Waals surface area contributed by atoms with E-state index >= 15 is 0 Å². The highest BCUT2D eigenvalue weighted by Crippen LogP contribution is 2.25. The second-order valence-electron chi connectivity index (χ2n) is 5.27. The highest BCUT2D eigenvalue weighted by molar-refractivity contribution is 6.42. The van der Waals surface area contributed by atoms with Crippen LogP contribution in [0.25, 0.3) is 0 Å². The van der Waals surface area contributed by atoms with E-state index in [-0.39, 0.29) is 24.7 Å². The van der Waals surface area contributed by atoms with Gasteiger partial charge in [0.15, 0.2) is 0 Å². The molecule has 1 aromatic carbocycles. The van der Waals surface area contributed by atoms with Crippen LogP contribution in [0.1, 0.15) is 30.8 Å². The van der Waals surface area contributed by atoms with Gasteiger partial charge in [-0.25, -0.2) is 5.43 Å². The average Bonchev–Trinajstić information content (AvgIpc) is 2.96. The molecule has 0 saturated heterocycles. The highest BCUT2D eigenvalue weighted by atomic mass is 35.5. The molecular formula is C17H17Cl2N3O3. The van der Waals surface area contributed by atoms with Gasteiger partial charge in [-0.3, -0.25) is 9.59 Å². The van der Waals surface area contributed by atoms with Crippen molar-refractivity contribution in [3.8, 4) is 0 Å². The van der Waals surface area contributed by atoms with Crippen LogP contribution in [-0.4, -0.2) is 18.0 Å². The van der Waals surface area contributed by atoms with Crippen LogP contribution in [0.15, 0.2) is 39.9 Å². The molecule has 0 unspecified atom stereocenters. The minimum absolute atomic E-state index is 0.184. The molecule has 0 saturated carbocycles. The summed E-state index contributed by atoms with van der Waals surface area (Å²) in [6, 6.07) is 8.38. The second kappa shape index (κ2) is 9.25. The number of hydrogen-bond donors (Lipinski definition) is 2. The number of anilines is 1. The second-order valence-corrected chi connectivity index (χ2v) is 6.09. The number of benzene rings is 1. The smallest absolute Gasteiger partial charge is 0.240 e. The zero-order valence-corrected chi connectivity index (χ0v) is 15.0. The summed E-state index contributed by atoms with van der Waals surface area (Å²) in [5.41, 5.74) is 2.94. The van der Waals surface area contributed by atoms with Crippen molar-refractivity contribution < 1.29 is 14.0 Å². The number of furan rings is 1. The van der Waals surface area contributed by atoms with Crippen molar-refractivity contribution in [2.24, 2.45) is 5.10 Å². The maximum absolute atomic E-state index is 11.8. The molecule has 2 amide bonds. The molecule has 0 atom stereocenters. The van der Waals surface area contributed by atoms with Gasteiger partial charge in [0.05, 0.1) is 16.3 Å². The Labute approximate surface area is 155 Å². The van der Waals surface area contributed by atoms with Crippen molar-refractivity contribution in [3.63, 3.8) is 0 Å². The van der Waals surface area contributed by atoms with E-state index in [2.05, 4.69) is 15.8 Å². The Kier molecular flexibility index (Phi) is 7.03. The Balaban J connectivity index is 1.67. The van der Waals surface area contributed by atoms with E-state index in [0.717, 1.165) is 5.76 Å². The van der Waals surface area contributed by atoms with Crippen LogP contribution in [-0.2, 0) is 9.59 Å². The number of amides is 2. The third-order valence-corrected chi connectivity index (χ3v) is 3.89. The number of aryl methyl sites for hydroxylation is 1. The molecule has 1 heterocycles. The Morgan fingerprint density at radius 1 is 1.12 bits per heavy atom. The first kappa shape index (κ1) is 19.0. The fourth-order valence-corrected chi connectivity index (χ4v) is 2.25. The summed E-state index contributed by atoms with van der Waals surface area (Å²) in [6.45, 7) is 1.82. The lowest BCUT2D eigenvalue weighted by molar-refractivity contribution is -0.121. The lowest BCUT2D eigenvalue weighted by Gasteiger charge is -2.06. The summed E-state index contributed by atoms with van der Waals surface area (Å²) < 4.78 is 5.28. The van der Waals surface area contributed by atoms with E-state index < -0.39 is 0 Å². The Morgan fingerprint density at radius 2 is 1.88 bits per heavy atom. The standard InChI is InChI=1S/C17H17Cl2N3O3/c1-11-5-7-13(25-11)10-20-22-17(24)4-2-3-16(23)21-12-6-8-14(18)15(19)9-12/h5-10H,2-4H2,1H3,(H,21,23)(H,22,24)/b20-10-. The van der Waals surface area contributed by atoms with E-state index in [0.29, 0.717) is 27.9 Å². The molecule has 0 aliphatic rings. The quantitative estimate of drug-likeness (QED) is 0.557. The first-order valence-corrected chi connectivity index (χ1v) is 8.33. The van der Waals surface area contributed by atoms with Crippen molar-refractivity contribution in [3.05, 3.63) is 51.9 Å². The van der Waals surface area contributed by atoms with E-state index in [1.165, 1.54) is 6.21 Å². The summed E-state index contributed by atoms with van der Waals surface area (Å²) in [7, 11) is 0. The number of carbonyl (C=O) groups excluding carboxylic acids is 2. The highest BCUT2D eigenvalue weighted by Gasteiger charge is 2.07. The number of nitrogens with one attached hydrogen (secondary N) is 2. The van der Waals surface area contributed by atoms with Crippen molar-refractivity contribution >= 4 is 46.9 Å². The predicted molar refractivity (Wildman–Crippen MR) is 98.1 cm³/mol. The number of hydrazone groups is 1. The lowest BCUT2D eigenvalue weighted by Crippen LogP contribution is -2.18. The summed E-state index contributed by atoms with van der Waals surface area (Å²) in [4.78, 5) is 23.5. The molecule has 2 rings (SSSR count). The molecule has 0 aliphatic heterocycles. The maximum atomic E-state index is 11.8. The van der Waals surface area contributed by atoms with Gasteiger partial charge in [0.1, 0.15) is 11.5 Å². The minimum Gasteiger partial charge on any atom is -0.460 e. The van der Waals surface area contributed by atoms with Crippen LogP contribution >= 0.6 is 23.2 Å². The molecule has 6 nitrogen and oxygen atoms in total. The van der Waals surface area contributed by atoms with Crippen molar-refractivity contribution in [1.82, 2.24) is 5.43 Å². The number of nitrogens with zero attached hydrogens (tertiary/aromatic N) is 1. The van der Waals surface area contributed by atoms with Crippen molar-refractivity contribution in [2.75, 3.05) is 5.32 Å². The largest absolute Gasteiger partial charge is 0.460 e. The summed E-state index contributed by atoms with van der Waals surface area (Å²) in [5.74, 6) is 0.835. The van der Waals surface area contributed by atoms with Gasteiger partial charge < -0.3 is 9.73 Å². The Hall–Kier alpha value is -2.31. The SMILES string of the molecule is Cc1ccc(/C=N\NC(=O)CCCC(=O)Nc2ccc(Cl)c(Cl)c2)o1. The average molecular weight is 382 g/mol. The molecule has 132 valence electrons. The summed E-state index contributed by atoms with van der Waals surface area (Å²) >= 11 is 11.7. The van der Waals surface area contributed by atoms with Crippen LogP contribution < -0.4 is 10.7 Å². The Morgan fingerprint density at radius 3 is 2.56 bits per heavy atom. The molecule has 8 heteroatoms. The topological polar surface area (TPSA) is 83.7 Å². The van der Waals surface area contributed by atoms with Crippen LogP contribution in [0.5, 0.6) is 0 Å². The van der Waals surface area contributed by atoms with Gasteiger partial charge in [0.25, 0.3) is 0 Å². The van der Waals surface area contributed by atoms with Crippen LogP contribution in [0.4, 0.5) is 5.69 Å². The number of carbonyl (C=O) groups is 2. The van der Waals surface area contributed by atoms with Gasteiger partial charge in [-0.15, -0.1) is 0 Å². The first-order valence-electron chi connectivity index (χ1n) is 7.57. The normalized spacial score (nSPS) is 10.8. The molecule has 25 heavy (non-hydrogen) atoms. The van der Waals surface area contributed by atoms with E-state index in [9.17, 15) is 9.59 Å². The van der Waals surface area contributed by atoms with E-state index in [4.69, 9.17) is 27.6 Å². The molecule has 2 aromatic rings. The third kappa shape index (κ3) is 6.60. The van der Waals surface area contributed by atoms with Crippen molar-refractivity contribution in [2.45, 2.75) is 26.2 Å². The zero-order chi connectivity index (χ0) is 18.2. The molecule has 0 bridgehead atoms. The van der Waals surface area contributed by atoms with Gasteiger partial charge in [-0.1, -0.05) is 23.2 Å². The summed E-state index contributed by atoms with van der Waals surface area (Å²) in [6.07, 6.45) is 2.20. The molecule has 1 aromatic heterocycles. The van der Waals surface area contributed by atoms with Crippen molar-refractivity contribution in [1.29, 1.82) is 0 Å².